The van der Waals surface area contributed by atoms with Crippen molar-refractivity contribution in [3.05, 3.63) is 41.0 Å². The SMILES string of the molecule is CC(=O)O/C(C)=C(/Sc1ccccc1)C(C)=O. The summed E-state index contributed by atoms with van der Waals surface area (Å²) in [6.45, 7) is 4.39. The Bertz CT molecular complexity index is 449. The zero-order chi connectivity index (χ0) is 12.8. The Labute approximate surface area is 105 Å². The summed E-state index contributed by atoms with van der Waals surface area (Å²) in [5.74, 6) is -0.189. The highest BCUT2D eigenvalue weighted by molar-refractivity contribution is 8.04. The fourth-order valence-corrected chi connectivity index (χ4v) is 2.12. The van der Waals surface area contributed by atoms with Crippen molar-refractivity contribution >= 4 is 23.5 Å². The third-order valence-electron chi connectivity index (χ3n) is 1.90. The molecule has 0 radical (unpaired) electrons. The van der Waals surface area contributed by atoms with Gasteiger partial charge in [0.2, 0.25) is 0 Å². The minimum atomic E-state index is -0.421. The van der Waals surface area contributed by atoms with Gasteiger partial charge in [-0.15, -0.1) is 0 Å². The maximum atomic E-state index is 11.5. The molecule has 17 heavy (non-hydrogen) atoms. The normalized spacial score (nSPS) is 11.7. The number of carbonyl (C=O) groups is 2. The van der Waals surface area contributed by atoms with E-state index in [1.165, 1.54) is 25.6 Å². The Hall–Kier alpha value is -1.55. The monoisotopic (exact) mass is 250 g/mol. The van der Waals surface area contributed by atoms with Crippen LogP contribution >= 0.6 is 11.8 Å². The molecule has 0 aromatic heterocycles. The number of hydrogen-bond acceptors (Lipinski definition) is 4. The highest BCUT2D eigenvalue weighted by Crippen LogP contribution is 2.29. The van der Waals surface area contributed by atoms with Crippen molar-refractivity contribution in [2.45, 2.75) is 25.7 Å². The standard InChI is InChI=1S/C13H14O3S/c1-9(14)13(10(2)16-11(3)15)17-12-7-5-4-6-8-12/h4-8H,1-3H3/b13-10+. The molecule has 0 atom stereocenters. The van der Waals surface area contributed by atoms with Crippen LogP contribution in [0.2, 0.25) is 0 Å². The summed E-state index contributed by atoms with van der Waals surface area (Å²) in [5.41, 5.74) is 0. The lowest BCUT2D eigenvalue weighted by Gasteiger charge is -2.08. The van der Waals surface area contributed by atoms with Crippen molar-refractivity contribution in [3.63, 3.8) is 0 Å². The van der Waals surface area contributed by atoms with E-state index in [0.29, 0.717) is 10.7 Å². The molecular weight excluding hydrogens is 236 g/mol. The molecule has 0 fully saturated rings. The van der Waals surface area contributed by atoms with Crippen LogP contribution in [0.1, 0.15) is 20.8 Å². The van der Waals surface area contributed by atoms with E-state index in [1.807, 2.05) is 30.3 Å². The molecule has 0 aliphatic heterocycles. The number of Topliss-reactive ketones (excluding diaryl/α,β-unsaturated/α-hetero) is 1. The Balaban J connectivity index is 2.95. The van der Waals surface area contributed by atoms with E-state index in [2.05, 4.69) is 0 Å². The Morgan fingerprint density at radius 1 is 1.06 bits per heavy atom. The second-order valence-corrected chi connectivity index (χ2v) is 4.53. The number of ether oxygens (including phenoxy) is 1. The Morgan fingerprint density at radius 2 is 1.65 bits per heavy atom. The number of allylic oxidation sites excluding steroid dienone is 2. The van der Waals surface area contributed by atoms with E-state index >= 15 is 0 Å². The smallest absolute Gasteiger partial charge is 0.307 e. The van der Waals surface area contributed by atoms with Crippen molar-refractivity contribution in [2.24, 2.45) is 0 Å². The summed E-state index contributed by atoms with van der Waals surface area (Å²) in [5, 5.41) is 0. The van der Waals surface area contributed by atoms with E-state index in [1.54, 1.807) is 6.92 Å². The molecule has 1 aromatic carbocycles. The van der Waals surface area contributed by atoms with Crippen LogP contribution < -0.4 is 0 Å². The van der Waals surface area contributed by atoms with Crippen LogP contribution in [0.25, 0.3) is 0 Å². The first-order valence-corrected chi connectivity index (χ1v) is 5.95. The number of carbonyl (C=O) groups excluding carboxylic acids is 2. The summed E-state index contributed by atoms with van der Waals surface area (Å²) in [7, 11) is 0. The number of benzene rings is 1. The van der Waals surface area contributed by atoms with Gasteiger partial charge in [-0.2, -0.15) is 0 Å². The molecule has 0 saturated carbocycles. The van der Waals surface area contributed by atoms with Crippen molar-refractivity contribution in [1.82, 2.24) is 0 Å². The van der Waals surface area contributed by atoms with E-state index in [9.17, 15) is 9.59 Å². The van der Waals surface area contributed by atoms with Crippen LogP contribution in [0.15, 0.2) is 45.9 Å². The zero-order valence-electron chi connectivity index (χ0n) is 10.0. The van der Waals surface area contributed by atoms with Gasteiger partial charge >= 0.3 is 5.97 Å². The lowest BCUT2D eigenvalue weighted by molar-refractivity contribution is -0.136. The zero-order valence-corrected chi connectivity index (χ0v) is 10.8. The van der Waals surface area contributed by atoms with Gasteiger partial charge in [-0.1, -0.05) is 30.0 Å². The minimum Gasteiger partial charge on any atom is -0.430 e. The number of thioether (sulfide) groups is 1. The number of rotatable bonds is 4. The van der Waals surface area contributed by atoms with Gasteiger partial charge in [0, 0.05) is 11.8 Å². The maximum Gasteiger partial charge on any atom is 0.307 e. The van der Waals surface area contributed by atoms with Crippen molar-refractivity contribution in [1.29, 1.82) is 0 Å². The molecule has 0 heterocycles. The molecule has 0 unspecified atom stereocenters. The predicted octanol–water partition coefficient (Wildman–Crippen LogP) is 3.16. The average Bonchev–Trinajstić information content (AvgIpc) is 2.25. The highest BCUT2D eigenvalue weighted by atomic mass is 32.2. The number of ketones is 1. The van der Waals surface area contributed by atoms with E-state index in [0.717, 1.165) is 4.90 Å². The first-order chi connectivity index (χ1) is 8.00. The van der Waals surface area contributed by atoms with Crippen LogP contribution in [0.5, 0.6) is 0 Å². The third-order valence-corrected chi connectivity index (χ3v) is 3.19. The van der Waals surface area contributed by atoms with Gasteiger partial charge in [0.15, 0.2) is 5.78 Å². The van der Waals surface area contributed by atoms with Crippen molar-refractivity contribution < 1.29 is 14.3 Å². The molecule has 0 N–H and O–H groups in total. The predicted molar refractivity (Wildman–Crippen MR) is 67.4 cm³/mol. The Kier molecular flexibility index (Phi) is 4.97. The summed E-state index contributed by atoms with van der Waals surface area (Å²) in [4.78, 5) is 23.7. The molecule has 0 saturated heterocycles. The molecule has 0 amide bonds. The first-order valence-electron chi connectivity index (χ1n) is 5.14. The summed E-state index contributed by atoms with van der Waals surface area (Å²) >= 11 is 1.30. The first kappa shape index (κ1) is 13.5. The van der Waals surface area contributed by atoms with Crippen molar-refractivity contribution in [2.75, 3.05) is 0 Å². The topological polar surface area (TPSA) is 43.4 Å². The fraction of sp³-hybridized carbons (Fsp3) is 0.231. The third kappa shape index (κ3) is 4.44. The van der Waals surface area contributed by atoms with Gasteiger partial charge in [0.05, 0.1) is 4.91 Å². The van der Waals surface area contributed by atoms with E-state index in [-0.39, 0.29) is 5.78 Å². The van der Waals surface area contributed by atoms with Crippen LogP contribution in [0, 0.1) is 0 Å². The van der Waals surface area contributed by atoms with Crippen LogP contribution in [-0.4, -0.2) is 11.8 Å². The molecule has 1 rings (SSSR count). The van der Waals surface area contributed by atoms with E-state index < -0.39 is 5.97 Å². The second-order valence-electron chi connectivity index (χ2n) is 3.45. The van der Waals surface area contributed by atoms with Crippen LogP contribution in [0.4, 0.5) is 0 Å². The maximum absolute atomic E-state index is 11.5. The molecule has 0 spiro atoms. The molecular formula is C13H14O3S. The van der Waals surface area contributed by atoms with Crippen molar-refractivity contribution in [3.8, 4) is 0 Å². The summed E-state index contributed by atoms with van der Waals surface area (Å²) in [6.07, 6.45) is 0. The number of esters is 1. The number of hydrogen-bond donors (Lipinski definition) is 0. The highest BCUT2D eigenvalue weighted by Gasteiger charge is 2.12. The fourth-order valence-electron chi connectivity index (χ4n) is 1.26. The molecule has 90 valence electrons. The lowest BCUT2D eigenvalue weighted by atomic mass is 10.3. The quantitative estimate of drug-likeness (QED) is 0.356. The second kappa shape index (κ2) is 6.25. The van der Waals surface area contributed by atoms with Gasteiger partial charge < -0.3 is 4.74 Å². The van der Waals surface area contributed by atoms with E-state index in [4.69, 9.17) is 4.74 Å². The minimum absolute atomic E-state index is 0.113. The van der Waals surface area contributed by atoms with Gasteiger partial charge in [-0.05, 0) is 26.0 Å². The Morgan fingerprint density at radius 3 is 2.12 bits per heavy atom. The summed E-state index contributed by atoms with van der Waals surface area (Å²) < 4.78 is 4.94. The largest absolute Gasteiger partial charge is 0.430 e. The average molecular weight is 250 g/mol. The van der Waals surface area contributed by atoms with Gasteiger partial charge in [0.1, 0.15) is 5.76 Å². The molecule has 4 heteroatoms. The molecule has 0 aliphatic carbocycles. The molecule has 3 nitrogen and oxygen atoms in total. The van der Waals surface area contributed by atoms with Crippen LogP contribution in [-0.2, 0) is 14.3 Å². The summed E-state index contributed by atoms with van der Waals surface area (Å²) in [6, 6.07) is 9.48. The lowest BCUT2D eigenvalue weighted by Crippen LogP contribution is -2.03. The molecule has 0 aliphatic rings. The van der Waals surface area contributed by atoms with Gasteiger partial charge in [0.25, 0.3) is 0 Å². The van der Waals surface area contributed by atoms with Gasteiger partial charge in [-0.25, -0.2) is 0 Å². The van der Waals surface area contributed by atoms with Gasteiger partial charge in [-0.3, -0.25) is 9.59 Å². The van der Waals surface area contributed by atoms with Crippen LogP contribution in [0.3, 0.4) is 0 Å². The molecule has 1 aromatic rings. The molecule has 0 bridgehead atoms.